The molecule has 1 fully saturated rings. The Kier molecular flexibility index (Phi) is 6.53. The number of morpholine rings is 1. The summed E-state index contributed by atoms with van der Waals surface area (Å²) in [6.07, 6.45) is 1.18. The van der Waals surface area contributed by atoms with E-state index < -0.39 is 12.0 Å². The second-order valence-electron chi connectivity index (χ2n) is 7.61. The molecule has 8 heteroatoms. The van der Waals surface area contributed by atoms with Crippen LogP contribution in [0.15, 0.2) is 20.9 Å². The van der Waals surface area contributed by atoms with E-state index in [0.717, 1.165) is 6.54 Å². The zero-order valence-corrected chi connectivity index (χ0v) is 16.7. The minimum absolute atomic E-state index is 0.202. The quantitative estimate of drug-likeness (QED) is 0.725. The molecule has 28 heavy (non-hydrogen) atoms. The predicted molar refractivity (Wildman–Crippen MR) is 107 cm³/mol. The monoisotopic (exact) mass is 391 g/mol. The number of carbonyl (C=O) groups excluding carboxylic acids is 1. The molecule has 0 aromatic carbocycles. The van der Waals surface area contributed by atoms with E-state index in [1.54, 1.807) is 13.0 Å². The first-order chi connectivity index (χ1) is 13.4. The van der Waals surface area contributed by atoms with E-state index in [1.807, 2.05) is 23.9 Å². The molecule has 1 saturated heterocycles. The number of nitrogens with zero attached hydrogens (tertiary/aromatic N) is 2. The molecule has 2 heterocycles. The Morgan fingerprint density at radius 1 is 1.39 bits per heavy atom. The minimum Gasteiger partial charge on any atom is -0.444 e. The van der Waals surface area contributed by atoms with Crippen molar-refractivity contribution in [2.45, 2.75) is 25.4 Å². The lowest BCUT2D eigenvalue weighted by Gasteiger charge is -2.30. The van der Waals surface area contributed by atoms with E-state index in [0.29, 0.717) is 62.0 Å². The van der Waals surface area contributed by atoms with Crippen molar-refractivity contribution >= 4 is 17.9 Å². The summed E-state index contributed by atoms with van der Waals surface area (Å²) in [5, 5.41) is 13.2. The number of nitrogens with one attached hydrogen (secondary N) is 1. The van der Waals surface area contributed by atoms with Crippen molar-refractivity contribution in [1.82, 2.24) is 10.2 Å². The van der Waals surface area contributed by atoms with Crippen molar-refractivity contribution in [3.63, 3.8) is 0 Å². The molecular weight excluding hydrogens is 362 g/mol. The van der Waals surface area contributed by atoms with Gasteiger partial charge in [-0.1, -0.05) is 0 Å². The molecule has 2 aliphatic rings. The summed E-state index contributed by atoms with van der Waals surface area (Å²) in [7, 11) is 3.87. The van der Waals surface area contributed by atoms with Gasteiger partial charge in [0.1, 0.15) is 5.76 Å². The summed E-state index contributed by atoms with van der Waals surface area (Å²) in [5.74, 6) is 0.289. The van der Waals surface area contributed by atoms with Gasteiger partial charge < -0.3 is 29.4 Å². The van der Waals surface area contributed by atoms with Crippen molar-refractivity contribution in [1.29, 1.82) is 0 Å². The lowest BCUT2D eigenvalue weighted by Crippen LogP contribution is -2.37. The third-order valence-electron chi connectivity index (χ3n) is 5.14. The Morgan fingerprint density at radius 3 is 2.75 bits per heavy atom. The lowest BCUT2D eigenvalue weighted by molar-refractivity contribution is -0.117. The average Bonchev–Trinajstić information content (AvgIpc) is 2.67. The number of hydrogen-bond acceptors (Lipinski definition) is 7. The third kappa shape index (κ3) is 4.63. The molecule has 154 valence electrons. The fourth-order valence-corrected chi connectivity index (χ4v) is 3.48. The molecule has 2 atom stereocenters. The molecule has 2 N–H and O–H groups in total. The molecule has 0 radical (unpaired) electrons. The van der Waals surface area contributed by atoms with Gasteiger partial charge in [0.25, 0.3) is 0 Å². The van der Waals surface area contributed by atoms with Crippen LogP contribution in [0.3, 0.4) is 0 Å². The second-order valence-corrected chi connectivity index (χ2v) is 7.61. The highest BCUT2D eigenvalue weighted by molar-refractivity contribution is 5.98. The summed E-state index contributed by atoms with van der Waals surface area (Å²) in [6, 6.07) is 1.46. The molecule has 1 aromatic heterocycles. The van der Waals surface area contributed by atoms with Gasteiger partial charge in [0.15, 0.2) is 11.3 Å². The molecule has 0 bridgehead atoms. The van der Waals surface area contributed by atoms with Crippen LogP contribution in [0.5, 0.6) is 0 Å². The molecule has 2 unspecified atom stereocenters. The minimum atomic E-state index is -0.750. The maximum absolute atomic E-state index is 12.8. The number of fused-ring (bicyclic) bond motifs is 1. The number of ether oxygens (including phenoxy) is 1. The van der Waals surface area contributed by atoms with Gasteiger partial charge in [0.2, 0.25) is 5.91 Å². The molecule has 3 rings (SSSR count). The smallest absolute Gasteiger partial charge is 0.247 e. The fourth-order valence-electron chi connectivity index (χ4n) is 3.48. The van der Waals surface area contributed by atoms with E-state index in [9.17, 15) is 14.7 Å². The van der Waals surface area contributed by atoms with E-state index in [-0.39, 0.29) is 11.3 Å². The Labute approximate surface area is 164 Å². The number of hydrogen-bond donors (Lipinski definition) is 2. The number of aliphatic hydroxyl groups is 1. The Morgan fingerprint density at radius 2 is 2.11 bits per heavy atom. The van der Waals surface area contributed by atoms with E-state index in [4.69, 9.17) is 9.15 Å². The highest BCUT2D eigenvalue weighted by Crippen LogP contribution is 2.36. The first-order valence-electron chi connectivity index (χ1n) is 9.69. The summed E-state index contributed by atoms with van der Waals surface area (Å²) < 4.78 is 11.4. The molecule has 1 aliphatic heterocycles. The molecule has 0 saturated carbocycles. The number of rotatable bonds is 6. The zero-order chi connectivity index (χ0) is 20.3. The van der Waals surface area contributed by atoms with Gasteiger partial charge in [0, 0.05) is 43.7 Å². The molecule has 1 aromatic rings. The van der Waals surface area contributed by atoms with Crippen LogP contribution < -0.4 is 15.6 Å². The van der Waals surface area contributed by atoms with Gasteiger partial charge in [-0.2, -0.15) is 0 Å². The molecule has 1 aliphatic carbocycles. The van der Waals surface area contributed by atoms with Gasteiger partial charge in [-0.15, -0.1) is 0 Å². The standard InChI is InChI=1S/C20H29N3O5/c1-13(24)15-10-14(20(26)21-4-5-22(2)3)11-16-17(25)12-18(28-19(15)16)23-6-8-27-9-7-23/h11-13,15,24H,4-10H2,1-3H3,(H,21,26). The van der Waals surface area contributed by atoms with Gasteiger partial charge in [-0.25, -0.2) is 0 Å². The number of anilines is 1. The van der Waals surface area contributed by atoms with Gasteiger partial charge >= 0.3 is 0 Å². The number of amides is 1. The largest absolute Gasteiger partial charge is 0.444 e. The van der Waals surface area contributed by atoms with Crippen molar-refractivity contribution < 1.29 is 19.1 Å². The number of aliphatic hydroxyl groups excluding tert-OH is 1. The van der Waals surface area contributed by atoms with E-state index in [1.165, 1.54) is 6.07 Å². The Balaban J connectivity index is 1.90. The van der Waals surface area contributed by atoms with Crippen LogP contribution in [0, 0.1) is 0 Å². The van der Waals surface area contributed by atoms with Crippen molar-refractivity contribution in [2.24, 2.45) is 0 Å². The second kappa shape index (κ2) is 8.89. The molecule has 1 amide bonds. The topological polar surface area (TPSA) is 95.2 Å². The summed E-state index contributed by atoms with van der Waals surface area (Å²) >= 11 is 0. The lowest BCUT2D eigenvalue weighted by atomic mass is 9.84. The van der Waals surface area contributed by atoms with Crippen LogP contribution in [0.1, 0.15) is 30.6 Å². The zero-order valence-electron chi connectivity index (χ0n) is 16.7. The molecule has 8 nitrogen and oxygen atoms in total. The first-order valence-corrected chi connectivity index (χ1v) is 9.69. The first kappa shape index (κ1) is 20.6. The Hall–Kier alpha value is -2.16. The van der Waals surface area contributed by atoms with Gasteiger partial charge in [0.05, 0.1) is 24.9 Å². The summed E-state index contributed by atoms with van der Waals surface area (Å²) in [5.41, 5.74) is 0.641. The average molecular weight is 391 g/mol. The van der Waals surface area contributed by atoms with Crippen molar-refractivity contribution in [3.8, 4) is 0 Å². The van der Waals surface area contributed by atoms with Crippen LogP contribution in [0.2, 0.25) is 0 Å². The van der Waals surface area contributed by atoms with Crippen LogP contribution >= 0.6 is 0 Å². The van der Waals surface area contributed by atoms with Gasteiger partial charge in [-0.3, -0.25) is 9.59 Å². The normalized spacial score (nSPS) is 20.5. The third-order valence-corrected chi connectivity index (χ3v) is 5.14. The predicted octanol–water partition coefficient (Wildman–Crippen LogP) is 0.406. The highest BCUT2D eigenvalue weighted by atomic mass is 16.5. The molecule has 0 spiro atoms. The maximum Gasteiger partial charge on any atom is 0.247 e. The van der Waals surface area contributed by atoms with E-state index >= 15 is 0 Å². The van der Waals surface area contributed by atoms with Crippen molar-refractivity contribution in [3.05, 3.63) is 33.2 Å². The SMILES string of the molecule is CC(O)C1CC(C(=O)NCCN(C)C)=Cc2c1oc(N1CCOCC1)cc2=O. The van der Waals surface area contributed by atoms with Crippen LogP contribution in [0.4, 0.5) is 5.88 Å². The fraction of sp³-hybridized carbons (Fsp3) is 0.600. The van der Waals surface area contributed by atoms with Gasteiger partial charge in [-0.05, 0) is 33.5 Å². The summed E-state index contributed by atoms with van der Waals surface area (Å²) in [6.45, 7) is 5.35. The van der Waals surface area contributed by atoms with E-state index in [2.05, 4.69) is 5.32 Å². The van der Waals surface area contributed by atoms with Crippen LogP contribution in [-0.2, 0) is 9.53 Å². The number of carbonyl (C=O) groups is 1. The van der Waals surface area contributed by atoms with Crippen LogP contribution in [0.25, 0.3) is 6.08 Å². The van der Waals surface area contributed by atoms with Crippen molar-refractivity contribution in [2.75, 3.05) is 58.4 Å². The summed E-state index contributed by atoms with van der Waals surface area (Å²) in [4.78, 5) is 29.3. The number of likely N-dealkylation sites (N-methyl/N-ethyl adjacent to an activating group) is 1. The Bertz CT molecular complexity index is 794. The molecular formula is C20H29N3O5. The maximum atomic E-state index is 12.8. The van der Waals surface area contributed by atoms with Crippen LogP contribution in [-0.4, -0.2) is 75.5 Å². The highest BCUT2D eigenvalue weighted by Gasteiger charge is 2.32.